The fourth-order valence-corrected chi connectivity index (χ4v) is 6.21. The Morgan fingerprint density at radius 3 is 2.31 bits per heavy atom. The first-order chi connectivity index (χ1) is 24.5. The molecule has 1 heterocycles. The van der Waals surface area contributed by atoms with E-state index in [9.17, 15) is 31.9 Å². The van der Waals surface area contributed by atoms with Crippen molar-refractivity contribution >= 4 is 11.9 Å². The highest BCUT2D eigenvalue weighted by molar-refractivity contribution is 5.82. The van der Waals surface area contributed by atoms with Crippen LogP contribution in [0.15, 0.2) is 66.6 Å². The van der Waals surface area contributed by atoms with Gasteiger partial charge in [0.05, 0.1) is 24.6 Å². The summed E-state index contributed by atoms with van der Waals surface area (Å²) in [6, 6.07) is 2.76. The average molecular weight is 730 g/mol. The van der Waals surface area contributed by atoms with E-state index in [4.69, 9.17) is 4.74 Å². The second-order valence-electron chi connectivity index (χ2n) is 13.1. The fourth-order valence-electron chi connectivity index (χ4n) is 6.21. The van der Waals surface area contributed by atoms with Crippen molar-refractivity contribution in [2.45, 2.75) is 84.0 Å². The zero-order valence-electron chi connectivity index (χ0n) is 30.5. The molecule has 7 nitrogen and oxygen atoms in total. The van der Waals surface area contributed by atoms with Crippen molar-refractivity contribution in [1.82, 2.24) is 14.8 Å². The Balaban J connectivity index is 2.24. The van der Waals surface area contributed by atoms with E-state index in [1.165, 1.54) is 35.8 Å². The second kappa shape index (κ2) is 18.8. The maximum atomic E-state index is 16.2. The Bertz CT molecular complexity index is 1820. The monoisotopic (exact) mass is 729 g/mol. The summed E-state index contributed by atoms with van der Waals surface area (Å²) in [6.07, 6.45) is 1.63. The van der Waals surface area contributed by atoms with Gasteiger partial charge in [-0.1, -0.05) is 12.2 Å². The molecule has 0 fully saturated rings. The lowest BCUT2D eigenvalue weighted by atomic mass is 9.88. The summed E-state index contributed by atoms with van der Waals surface area (Å²) >= 11 is 0. The molecule has 1 N–H and O–H groups in total. The molecule has 0 spiro atoms. The van der Waals surface area contributed by atoms with Crippen LogP contribution < -0.4 is 10.9 Å². The molecule has 0 radical (unpaired) electrons. The van der Waals surface area contributed by atoms with Gasteiger partial charge in [-0.05, 0) is 131 Å². The van der Waals surface area contributed by atoms with Crippen molar-refractivity contribution in [3.8, 4) is 11.1 Å². The minimum absolute atomic E-state index is 0.0612. The van der Waals surface area contributed by atoms with Crippen LogP contribution in [0, 0.1) is 25.5 Å². The number of halogens is 5. The number of likely N-dealkylation sites (N-methyl/N-ethyl adjacent to an activating group) is 1. The number of ether oxygens (including phenoxy) is 1. The molecule has 3 aromatic rings. The van der Waals surface area contributed by atoms with Gasteiger partial charge in [0.2, 0.25) is 5.91 Å². The third kappa shape index (κ3) is 11.0. The highest BCUT2D eigenvalue weighted by Gasteiger charge is 2.38. The molecule has 3 rings (SSSR count). The van der Waals surface area contributed by atoms with Crippen LogP contribution in [-0.2, 0) is 33.3 Å². The molecule has 0 aliphatic rings. The second-order valence-corrected chi connectivity index (χ2v) is 13.1. The summed E-state index contributed by atoms with van der Waals surface area (Å²) in [5.41, 5.74) is -0.258. The molecule has 1 amide bonds. The smallest absolute Gasteiger partial charge is 0.419 e. The van der Waals surface area contributed by atoms with Crippen LogP contribution in [0.5, 0.6) is 0 Å². The Hall–Kier alpha value is -4.58. The highest BCUT2D eigenvalue weighted by atomic mass is 19.4. The summed E-state index contributed by atoms with van der Waals surface area (Å²) in [7, 11) is 3.79. The van der Waals surface area contributed by atoms with Crippen LogP contribution in [0.4, 0.5) is 22.0 Å². The van der Waals surface area contributed by atoms with Crippen molar-refractivity contribution in [2.75, 3.05) is 27.2 Å². The molecular weight excluding hydrogens is 681 g/mol. The molecule has 12 heteroatoms. The minimum atomic E-state index is -5.17. The van der Waals surface area contributed by atoms with E-state index in [2.05, 4.69) is 18.5 Å². The minimum Gasteiger partial charge on any atom is -0.466 e. The zero-order valence-corrected chi connectivity index (χ0v) is 30.5. The van der Waals surface area contributed by atoms with Crippen molar-refractivity contribution in [3.05, 3.63) is 117 Å². The molecular formula is C40H48F5N3O4. The van der Waals surface area contributed by atoms with Crippen LogP contribution >= 0.6 is 0 Å². The number of nitrogens with one attached hydrogen (secondary N) is 1. The lowest BCUT2D eigenvalue weighted by molar-refractivity contribution is -0.144. The number of unbranched alkanes of at least 4 members (excludes halogenated alkanes) is 2. The number of allylic oxidation sites excluding steroid dienone is 2. The molecule has 2 atom stereocenters. The van der Waals surface area contributed by atoms with Crippen molar-refractivity contribution in [2.24, 2.45) is 0 Å². The number of hydrogen-bond donors (Lipinski definition) is 1. The number of benzene rings is 2. The molecule has 0 saturated heterocycles. The summed E-state index contributed by atoms with van der Waals surface area (Å²) in [6.45, 7) is 12.8. The Morgan fingerprint density at radius 2 is 1.69 bits per heavy atom. The number of hydrogen-bond acceptors (Lipinski definition) is 5. The molecule has 1 aromatic heterocycles. The van der Waals surface area contributed by atoms with E-state index >= 15 is 4.39 Å². The normalized spacial score (nSPS) is 12.8. The lowest BCUT2D eigenvalue weighted by Crippen LogP contribution is -2.40. The maximum absolute atomic E-state index is 16.2. The van der Waals surface area contributed by atoms with Crippen molar-refractivity contribution in [1.29, 1.82) is 0 Å². The molecule has 0 unspecified atom stereocenters. The van der Waals surface area contributed by atoms with Gasteiger partial charge >= 0.3 is 12.1 Å². The molecule has 0 aliphatic carbocycles. The van der Waals surface area contributed by atoms with E-state index in [0.717, 1.165) is 17.2 Å². The number of carbonyl (C=O) groups excluding carboxylic acids is 2. The maximum Gasteiger partial charge on any atom is 0.419 e. The quantitative estimate of drug-likeness (QED) is 0.0617. The predicted octanol–water partition coefficient (Wildman–Crippen LogP) is 8.36. The number of amides is 1. The topological polar surface area (TPSA) is 80.6 Å². The molecule has 0 bridgehead atoms. The summed E-state index contributed by atoms with van der Waals surface area (Å²) in [5.74, 6) is -4.00. The highest BCUT2D eigenvalue weighted by Crippen LogP contribution is 2.40. The van der Waals surface area contributed by atoms with Crippen LogP contribution in [0.3, 0.4) is 0 Å². The van der Waals surface area contributed by atoms with E-state index < -0.39 is 64.9 Å². The predicted molar refractivity (Wildman–Crippen MR) is 193 cm³/mol. The van der Waals surface area contributed by atoms with Crippen LogP contribution in [0.1, 0.15) is 84.5 Å². The van der Waals surface area contributed by atoms with Gasteiger partial charge in [0.15, 0.2) is 0 Å². The number of rotatable bonds is 18. The van der Waals surface area contributed by atoms with E-state index in [0.29, 0.717) is 55.8 Å². The average Bonchev–Trinajstić information content (AvgIpc) is 3.04. The lowest BCUT2D eigenvalue weighted by Gasteiger charge is -2.26. The first-order valence-electron chi connectivity index (χ1n) is 17.3. The third-order valence-corrected chi connectivity index (χ3v) is 8.80. The number of aryl methyl sites for hydroxylation is 3. The van der Waals surface area contributed by atoms with E-state index in [1.54, 1.807) is 26.1 Å². The zero-order chi connectivity index (χ0) is 38.7. The number of pyridine rings is 1. The van der Waals surface area contributed by atoms with Gasteiger partial charge in [0.1, 0.15) is 17.7 Å². The summed E-state index contributed by atoms with van der Waals surface area (Å²) < 4.78 is 80.7. The van der Waals surface area contributed by atoms with Gasteiger partial charge in [0.25, 0.3) is 5.56 Å². The Labute approximate surface area is 302 Å². The fraction of sp³-hybridized carbons (Fsp3) is 0.425. The standard InChI is InChI=1S/C40H48F5N3O4/c1-8-11-12-13-15-27-20-30(41)18-26(5)37(27)29-21-31(38(42)32(22-29)40(43,44)45)33(23-36(50)52-10-3)46-39(51)34(14-9-2)48-24-28(16-17-47(6)7)25(4)19-35(48)49/h8-9,18-22,24,33-34H,1-2,10-17,23H2,3-7H3,(H,46,51)/t33-,34-/m0/s1. The largest absolute Gasteiger partial charge is 0.466 e. The Morgan fingerprint density at radius 1 is 0.981 bits per heavy atom. The van der Waals surface area contributed by atoms with Crippen LogP contribution in [0.2, 0.25) is 0 Å². The number of aromatic nitrogens is 1. The van der Waals surface area contributed by atoms with Gasteiger partial charge in [-0.25, -0.2) is 8.78 Å². The van der Waals surface area contributed by atoms with Gasteiger partial charge in [-0.3, -0.25) is 14.4 Å². The summed E-state index contributed by atoms with van der Waals surface area (Å²) in [5, 5.41) is 2.57. The van der Waals surface area contributed by atoms with Gasteiger partial charge in [-0.2, -0.15) is 13.2 Å². The van der Waals surface area contributed by atoms with E-state index in [-0.39, 0.29) is 24.2 Å². The first-order valence-corrected chi connectivity index (χ1v) is 17.3. The molecule has 2 aromatic carbocycles. The SMILES string of the molecule is C=CCCCCc1cc(F)cc(C)c1-c1cc([C@H](CC(=O)OCC)NC(=O)[C@H](CC=C)n2cc(CCN(C)C)c(C)cc2=O)c(F)c(C(F)(F)F)c1. The number of esters is 1. The van der Waals surface area contributed by atoms with Crippen LogP contribution in [-0.4, -0.2) is 48.6 Å². The Kier molecular flexibility index (Phi) is 15.1. The molecule has 52 heavy (non-hydrogen) atoms. The number of nitrogens with zero attached hydrogens (tertiary/aromatic N) is 2. The van der Waals surface area contributed by atoms with Gasteiger partial charge < -0.3 is 19.5 Å². The first kappa shape index (κ1) is 41.8. The van der Waals surface area contributed by atoms with E-state index in [1.807, 2.05) is 19.0 Å². The molecule has 0 aliphatic heterocycles. The van der Waals surface area contributed by atoms with Gasteiger partial charge in [-0.15, -0.1) is 13.2 Å². The molecule has 0 saturated carbocycles. The number of alkyl halides is 3. The van der Waals surface area contributed by atoms with Crippen molar-refractivity contribution in [3.63, 3.8) is 0 Å². The molecule has 282 valence electrons. The number of carbonyl (C=O) groups is 2. The van der Waals surface area contributed by atoms with Crippen LogP contribution in [0.25, 0.3) is 11.1 Å². The summed E-state index contributed by atoms with van der Waals surface area (Å²) in [4.78, 5) is 42.1. The van der Waals surface area contributed by atoms with Gasteiger partial charge in [0, 0.05) is 24.4 Å². The van der Waals surface area contributed by atoms with Crippen molar-refractivity contribution < 1.29 is 36.3 Å². The third-order valence-electron chi connectivity index (χ3n) is 8.80.